The zero-order valence-electron chi connectivity index (χ0n) is 8.84. The number of hydrogen-bond acceptors (Lipinski definition) is 6. The van der Waals surface area contributed by atoms with Crippen LogP contribution < -0.4 is 0 Å². The molecule has 8 nitrogen and oxygen atoms in total. The molecule has 0 aromatic carbocycles. The number of rotatable bonds is 7. The third kappa shape index (κ3) is 7.30. The van der Waals surface area contributed by atoms with Crippen LogP contribution in [0.1, 0.15) is 13.8 Å². The molecule has 0 fully saturated rings. The molecule has 0 unspecified atom stereocenters. The first-order valence-electron chi connectivity index (χ1n) is 4.20. The largest absolute Gasteiger partial charge is 0.479 e. The summed E-state index contributed by atoms with van der Waals surface area (Å²) in [6.45, 7) is 1.93. The minimum absolute atomic E-state index is 0.298. The molecule has 0 spiro atoms. The van der Waals surface area contributed by atoms with Gasteiger partial charge in [0, 0.05) is 0 Å². The zero-order chi connectivity index (χ0) is 12.6. The van der Waals surface area contributed by atoms with Crippen molar-refractivity contribution < 1.29 is 29.5 Å². The van der Waals surface area contributed by atoms with E-state index in [9.17, 15) is 9.59 Å². The summed E-state index contributed by atoms with van der Waals surface area (Å²) in [6, 6.07) is 0. The van der Waals surface area contributed by atoms with Crippen LogP contribution in [-0.2, 0) is 19.3 Å². The molecule has 2 N–H and O–H groups in total. The molecule has 0 aliphatic carbocycles. The van der Waals surface area contributed by atoms with Crippen LogP contribution in [0.2, 0.25) is 0 Å². The molecule has 0 radical (unpaired) electrons. The first kappa shape index (κ1) is 13.9. The van der Waals surface area contributed by atoms with Gasteiger partial charge in [-0.1, -0.05) is 10.3 Å². The van der Waals surface area contributed by atoms with Crippen LogP contribution in [0.15, 0.2) is 10.3 Å². The van der Waals surface area contributed by atoms with Crippen LogP contribution in [0, 0.1) is 0 Å². The van der Waals surface area contributed by atoms with Crippen molar-refractivity contribution in [2.24, 2.45) is 10.3 Å². The second kappa shape index (κ2) is 7.21. The Morgan fingerprint density at radius 2 is 1.25 bits per heavy atom. The first-order chi connectivity index (χ1) is 7.43. The highest BCUT2D eigenvalue weighted by atomic mass is 16.6. The average Bonchev–Trinajstić information content (AvgIpc) is 2.16. The third-order valence-electron chi connectivity index (χ3n) is 1.30. The van der Waals surface area contributed by atoms with Crippen LogP contribution in [0.25, 0.3) is 0 Å². The molecule has 0 aromatic heterocycles. The highest BCUT2D eigenvalue weighted by Crippen LogP contribution is 1.88. The van der Waals surface area contributed by atoms with Crippen molar-refractivity contribution in [2.75, 3.05) is 13.2 Å². The van der Waals surface area contributed by atoms with Crippen molar-refractivity contribution in [3.05, 3.63) is 0 Å². The number of carboxylic acids is 2. The van der Waals surface area contributed by atoms with E-state index < -0.39 is 25.2 Å². The van der Waals surface area contributed by atoms with E-state index in [1.807, 2.05) is 0 Å². The van der Waals surface area contributed by atoms with Crippen molar-refractivity contribution in [1.82, 2.24) is 0 Å². The van der Waals surface area contributed by atoms with E-state index in [0.717, 1.165) is 0 Å². The Hall–Kier alpha value is -2.12. The maximum Gasteiger partial charge on any atom is 0.344 e. The number of oxime groups is 2. The van der Waals surface area contributed by atoms with Gasteiger partial charge in [-0.05, 0) is 13.8 Å². The van der Waals surface area contributed by atoms with Gasteiger partial charge in [-0.3, -0.25) is 0 Å². The highest BCUT2D eigenvalue weighted by Gasteiger charge is 2.01. The van der Waals surface area contributed by atoms with Crippen LogP contribution in [0.5, 0.6) is 0 Å². The zero-order valence-corrected chi connectivity index (χ0v) is 8.84. The molecular formula is C8H12N2O6. The fourth-order valence-corrected chi connectivity index (χ4v) is 0.501. The molecule has 0 saturated heterocycles. The maximum absolute atomic E-state index is 10.1. The van der Waals surface area contributed by atoms with E-state index in [4.69, 9.17) is 10.2 Å². The van der Waals surface area contributed by atoms with Crippen LogP contribution in [-0.4, -0.2) is 46.8 Å². The quantitative estimate of drug-likeness (QED) is 0.469. The summed E-state index contributed by atoms with van der Waals surface area (Å²) >= 11 is 0. The summed E-state index contributed by atoms with van der Waals surface area (Å²) in [6.07, 6.45) is 0. The monoisotopic (exact) mass is 232 g/mol. The van der Waals surface area contributed by atoms with Gasteiger partial charge in [-0.2, -0.15) is 0 Å². The lowest BCUT2D eigenvalue weighted by Gasteiger charge is -1.99. The first-order valence-corrected chi connectivity index (χ1v) is 4.20. The summed E-state index contributed by atoms with van der Waals surface area (Å²) in [7, 11) is 0. The Morgan fingerprint density at radius 3 is 1.50 bits per heavy atom. The van der Waals surface area contributed by atoms with Crippen molar-refractivity contribution in [3.63, 3.8) is 0 Å². The summed E-state index contributed by atoms with van der Waals surface area (Å²) in [5.41, 5.74) is 0.596. The van der Waals surface area contributed by atoms with Gasteiger partial charge in [-0.25, -0.2) is 9.59 Å². The molecular weight excluding hydrogens is 220 g/mol. The van der Waals surface area contributed by atoms with Gasteiger partial charge < -0.3 is 19.9 Å². The lowest BCUT2D eigenvalue weighted by Crippen LogP contribution is -2.11. The van der Waals surface area contributed by atoms with E-state index in [2.05, 4.69) is 20.0 Å². The smallest absolute Gasteiger partial charge is 0.344 e. The van der Waals surface area contributed by atoms with E-state index in [1.54, 1.807) is 0 Å². The second-order valence-electron chi connectivity index (χ2n) is 2.69. The van der Waals surface area contributed by atoms with Crippen molar-refractivity contribution in [1.29, 1.82) is 0 Å². The molecule has 16 heavy (non-hydrogen) atoms. The number of hydrogen-bond donors (Lipinski definition) is 2. The lowest BCUT2D eigenvalue weighted by molar-refractivity contribution is -0.143. The molecule has 0 atom stereocenters. The predicted molar refractivity (Wildman–Crippen MR) is 53.4 cm³/mol. The van der Waals surface area contributed by atoms with Gasteiger partial charge in [0.15, 0.2) is 0 Å². The summed E-state index contributed by atoms with van der Waals surface area (Å²) < 4.78 is 0. The van der Waals surface area contributed by atoms with Gasteiger partial charge in [0.25, 0.3) is 0 Å². The van der Waals surface area contributed by atoms with Gasteiger partial charge in [-0.15, -0.1) is 0 Å². The standard InChI is InChI=1S/C8H12N2O6/c1-5(9-15-3-7(11)12)6(2)10-16-4-8(13)14/h3-4H2,1-2H3,(H,11,12)(H,13,14). The molecule has 0 aliphatic heterocycles. The molecule has 90 valence electrons. The van der Waals surface area contributed by atoms with Crippen molar-refractivity contribution in [3.8, 4) is 0 Å². The molecule has 0 aliphatic rings. The van der Waals surface area contributed by atoms with E-state index in [1.165, 1.54) is 13.8 Å². The fraction of sp³-hybridized carbons (Fsp3) is 0.500. The minimum atomic E-state index is -1.15. The van der Waals surface area contributed by atoms with Gasteiger partial charge in [0.2, 0.25) is 13.2 Å². The minimum Gasteiger partial charge on any atom is -0.479 e. The molecule has 8 heteroatoms. The Bertz CT molecular complexity index is 290. The molecule has 0 bridgehead atoms. The van der Waals surface area contributed by atoms with Crippen LogP contribution >= 0.6 is 0 Å². The van der Waals surface area contributed by atoms with E-state index >= 15 is 0 Å². The molecule has 0 saturated carbocycles. The Morgan fingerprint density at radius 1 is 0.938 bits per heavy atom. The van der Waals surface area contributed by atoms with Gasteiger partial charge in [0.05, 0.1) is 0 Å². The molecule has 0 heterocycles. The number of carbonyl (C=O) groups is 2. The van der Waals surface area contributed by atoms with Crippen LogP contribution in [0.4, 0.5) is 0 Å². The van der Waals surface area contributed by atoms with Crippen molar-refractivity contribution in [2.45, 2.75) is 13.8 Å². The summed E-state index contributed by atoms with van der Waals surface area (Å²) in [5, 5.41) is 23.4. The normalized spacial score (nSPS) is 12.1. The summed E-state index contributed by atoms with van der Waals surface area (Å²) in [5.74, 6) is -2.29. The lowest BCUT2D eigenvalue weighted by atomic mass is 10.3. The molecule has 0 amide bonds. The average molecular weight is 232 g/mol. The second-order valence-corrected chi connectivity index (χ2v) is 2.69. The Balaban J connectivity index is 4.09. The molecule has 0 aromatic rings. The number of nitrogens with zero attached hydrogens (tertiary/aromatic N) is 2. The Kier molecular flexibility index (Phi) is 6.25. The highest BCUT2D eigenvalue weighted by molar-refractivity contribution is 6.40. The topological polar surface area (TPSA) is 118 Å². The SMILES string of the molecule is CC(=NOCC(=O)O)C(C)=NOCC(=O)O. The fourth-order valence-electron chi connectivity index (χ4n) is 0.501. The van der Waals surface area contributed by atoms with Gasteiger partial charge in [0.1, 0.15) is 11.4 Å². The van der Waals surface area contributed by atoms with Crippen molar-refractivity contribution >= 4 is 23.4 Å². The van der Waals surface area contributed by atoms with E-state index in [0.29, 0.717) is 11.4 Å². The summed E-state index contributed by atoms with van der Waals surface area (Å²) in [4.78, 5) is 29.0. The van der Waals surface area contributed by atoms with Gasteiger partial charge >= 0.3 is 11.9 Å². The maximum atomic E-state index is 10.1. The van der Waals surface area contributed by atoms with E-state index in [-0.39, 0.29) is 0 Å². The number of aliphatic carboxylic acids is 2. The van der Waals surface area contributed by atoms with Crippen LogP contribution in [0.3, 0.4) is 0 Å². The third-order valence-corrected chi connectivity index (χ3v) is 1.30. The predicted octanol–water partition coefficient (Wildman–Crippen LogP) is -0.0594. The molecule has 0 rings (SSSR count). The number of carboxylic acid groups (broad SMARTS) is 2. The Labute approximate surface area is 91.1 Å².